The number of rotatable bonds is 2. The number of hydrogen-bond acceptors (Lipinski definition) is 1. The summed E-state index contributed by atoms with van der Waals surface area (Å²) in [6.45, 7) is 14.3. The lowest BCUT2D eigenvalue weighted by atomic mass is 9.87. The van der Waals surface area contributed by atoms with Gasteiger partial charge in [-0.2, -0.15) is 0 Å². The predicted octanol–water partition coefficient (Wildman–Crippen LogP) is 5.03. The van der Waals surface area contributed by atoms with Gasteiger partial charge < -0.3 is 4.90 Å². The van der Waals surface area contributed by atoms with E-state index in [1.165, 1.54) is 27.8 Å². The highest BCUT2D eigenvalue weighted by atomic mass is 15.2. The van der Waals surface area contributed by atoms with E-state index in [1.807, 2.05) is 0 Å². The molecule has 2 aromatic rings. The lowest BCUT2D eigenvalue weighted by Crippen LogP contribution is -2.34. The maximum Gasteiger partial charge on any atom is 0.0610 e. The number of aryl methyl sites for hydroxylation is 2. The van der Waals surface area contributed by atoms with E-state index >= 15 is 0 Å². The van der Waals surface area contributed by atoms with Crippen LogP contribution in [0.2, 0.25) is 0 Å². The van der Waals surface area contributed by atoms with Crippen LogP contribution in [0.15, 0.2) is 49.0 Å². The van der Waals surface area contributed by atoms with E-state index in [2.05, 4.69) is 81.6 Å². The first-order valence-electron chi connectivity index (χ1n) is 7.54. The van der Waals surface area contributed by atoms with Crippen molar-refractivity contribution in [2.24, 2.45) is 0 Å². The fourth-order valence-electron chi connectivity index (χ4n) is 3.64. The van der Waals surface area contributed by atoms with Crippen molar-refractivity contribution in [3.63, 3.8) is 0 Å². The highest BCUT2D eigenvalue weighted by Gasteiger charge is 2.40. The SMILES string of the molecule is C=C1c2c(C)ccc(C)c2C(C)(C)N1Cc1ccccc1. The first kappa shape index (κ1) is 13.9. The zero-order valence-corrected chi connectivity index (χ0v) is 13.4. The Morgan fingerprint density at radius 2 is 1.57 bits per heavy atom. The molecular formula is C20H23N. The van der Waals surface area contributed by atoms with E-state index < -0.39 is 0 Å². The molecule has 2 aromatic carbocycles. The molecule has 3 rings (SSSR count). The van der Waals surface area contributed by atoms with Crippen LogP contribution in [0.5, 0.6) is 0 Å². The number of hydrogen-bond donors (Lipinski definition) is 0. The lowest BCUT2D eigenvalue weighted by Gasteiger charge is -2.35. The van der Waals surface area contributed by atoms with Gasteiger partial charge in [0.05, 0.1) is 5.54 Å². The summed E-state index contributed by atoms with van der Waals surface area (Å²) in [6.07, 6.45) is 0. The molecule has 0 atom stereocenters. The van der Waals surface area contributed by atoms with Crippen LogP contribution in [0.25, 0.3) is 5.70 Å². The van der Waals surface area contributed by atoms with Gasteiger partial charge in [-0.05, 0) is 49.9 Å². The van der Waals surface area contributed by atoms with Crippen molar-refractivity contribution < 1.29 is 0 Å². The van der Waals surface area contributed by atoms with E-state index in [0.717, 1.165) is 12.2 Å². The van der Waals surface area contributed by atoms with Crippen molar-refractivity contribution in [3.8, 4) is 0 Å². The molecule has 0 N–H and O–H groups in total. The van der Waals surface area contributed by atoms with Gasteiger partial charge in [0.2, 0.25) is 0 Å². The summed E-state index contributed by atoms with van der Waals surface area (Å²) in [4.78, 5) is 2.44. The molecule has 0 bridgehead atoms. The zero-order chi connectivity index (χ0) is 15.2. The van der Waals surface area contributed by atoms with E-state index in [9.17, 15) is 0 Å². The molecular weight excluding hydrogens is 254 g/mol. The number of nitrogens with zero attached hydrogens (tertiary/aromatic N) is 1. The normalized spacial score (nSPS) is 16.2. The van der Waals surface area contributed by atoms with Crippen molar-refractivity contribution in [3.05, 3.63) is 76.9 Å². The molecule has 0 fully saturated rings. The Bertz CT molecular complexity index is 695. The molecule has 1 heterocycles. The van der Waals surface area contributed by atoms with Gasteiger partial charge in [-0.1, -0.05) is 49.0 Å². The molecule has 0 aromatic heterocycles. The van der Waals surface area contributed by atoms with Gasteiger partial charge in [0.15, 0.2) is 0 Å². The van der Waals surface area contributed by atoms with Crippen LogP contribution in [-0.4, -0.2) is 4.90 Å². The minimum absolute atomic E-state index is 0.0155. The highest BCUT2D eigenvalue weighted by Crippen LogP contribution is 2.48. The minimum atomic E-state index is -0.0155. The molecule has 1 heteroatoms. The molecule has 1 aliphatic rings. The standard InChI is InChI=1S/C20H23N/c1-14-11-12-15(2)19-18(14)16(3)21(20(19,4)5)13-17-9-7-6-8-10-17/h6-12H,3,13H2,1-2,4-5H3. The predicted molar refractivity (Wildman–Crippen MR) is 90.0 cm³/mol. The van der Waals surface area contributed by atoms with Gasteiger partial charge in [0.1, 0.15) is 0 Å². The van der Waals surface area contributed by atoms with E-state index in [-0.39, 0.29) is 5.54 Å². The van der Waals surface area contributed by atoms with Crippen LogP contribution in [0.4, 0.5) is 0 Å². The molecule has 0 unspecified atom stereocenters. The van der Waals surface area contributed by atoms with Crippen molar-refractivity contribution in [2.45, 2.75) is 39.8 Å². The molecule has 0 saturated carbocycles. The summed E-state index contributed by atoms with van der Waals surface area (Å²) < 4.78 is 0. The molecule has 0 amide bonds. The smallest absolute Gasteiger partial charge is 0.0610 e. The summed E-state index contributed by atoms with van der Waals surface area (Å²) in [5, 5.41) is 0. The molecule has 1 nitrogen and oxygen atoms in total. The van der Waals surface area contributed by atoms with E-state index in [4.69, 9.17) is 0 Å². The molecule has 0 saturated heterocycles. The third-order valence-corrected chi connectivity index (χ3v) is 4.71. The van der Waals surface area contributed by atoms with E-state index in [1.54, 1.807) is 0 Å². The van der Waals surface area contributed by atoms with Crippen LogP contribution in [0.1, 0.15) is 41.7 Å². The summed E-state index contributed by atoms with van der Waals surface area (Å²) in [5.74, 6) is 0. The highest BCUT2D eigenvalue weighted by molar-refractivity contribution is 5.75. The molecule has 0 aliphatic carbocycles. The van der Waals surface area contributed by atoms with Crippen molar-refractivity contribution in [1.82, 2.24) is 4.90 Å². The van der Waals surface area contributed by atoms with Gasteiger partial charge in [-0.25, -0.2) is 0 Å². The molecule has 1 aliphatic heterocycles. The minimum Gasteiger partial charge on any atom is -0.358 e. The average molecular weight is 277 g/mol. The summed E-state index contributed by atoms with van der Waals surface area (Å²) in [5.41, 5.74) is 7.93. The summed E-state index contributed by atoms with van der Waals surface area (Å²) >= 11 is 0. The van der Waals surface area contributed by atoms with Crippen molar-refractivity contribution in [2.75, 3.05) is 0 Å². The maximum absolute atomic E-state index is 4.40. The van der Waals surface area contributed by atoms with Crippen LogP contribution >= 0.6 is 0 Å². The third-order valence-electron chi connectivity index (χ3n) is 4.71. The fourth-order valence-corrected chi connectivity index (χ4v) is 3.64. The first-order chi connectivity index (χ1) is 9.93. The Balaban J connectivity index is 2.08. The Morgan fingerprint density at radius 3 is 2.19 bits per heavy atom. The Labute approximate surface area is 127 Å². The molecule has 21 heavy (non-hydrogen) atoms. The van der Waals surface area contributed by atoms with Crippen molar-refractivity contribution >= 4 is 5.70 Å². The van der Waals surface area contributed by atoms with Crippen LogP contribution in [0, 0.1) is 13.8 Å². The second-order valence-corrected chi connectivity index (χ2v) is 6.53. The summed E-state index contributed by atoms with van der Waals surface area (Å²) in [6, 6.07) is 15.1. The Hall–Kier alpha value is -2.02. The monoisotopic (exact) mass is 277 g/mol. The van der Waals surface area contributed by atoms with Gasteiger partial charge >= 0.3 is 0 Å². The maximum atomic E-state index is 4.40. The van der Waals surface area contributed by atoms with E-state index in [0.29, 0.717) is 0 Å². The van der Waals surface area contributed by atoms with Crippen LogP contribution in [-0.2, 0) is 12.1 Å². The molecule has 0 radical (unpaired) electrons. The Morgan fingerprint density at radius 1 is 0.952 bits per heavy atom. The quantitative estimate of drug-likeness (QED) is 0.744. The van der Waals surface area contributed by atoms with Crippen LogP contribution < -0.4 is 0 Å². The van der Waals surface area contributed by atoms with Gasteiger partial charge in [-0.3, -0.25) is 0 Å². The third kappa shape index (κ3) is 2.08. The van der Waals surface area contributed by atoms with Gasteiger partial charge in [0.25, 0.3) is 0 Å². The number of benzene rings is 2. The average Bonchev–Trinajstić information content (AvgIpc) is 2.66. The first-order valence-corrected chi connectivity index (χ1v) is 7.54. The van der Waals surface area contributed by atoms with Gasteiger partial charge in [0, 0.05) is 17.8 Å². The van der Waals surface area contributed by atoms with Gasteiger partial charge in [-0.15, -0.1) is 0 Å². The zero-order valence-electron chi connectivity index (χ0n) is 13.4. The Kier molecular flexibility index (Phi) is 3.16. The second-order valence-electron chi connectivity index (χ2n) is 6.53. The molecule has 108 valence electrons. The second kappa shape index (κ2) is 4.77. The number of fused-ring (bicyclic) bond motifs is 1. The largest absolute Gasteiger partial charge is 0.358 e. The topological polar surface area (TPSA) is 3.24 Å². The molecule has 0 spiro atoms. The fraction of sp³-hybridized carbons (Fsp3) is 0.300. The lowest BCUT2D eigenvalue weighted by molar-refractivity contribution is 0.210. The summed E-state index contributed by atoms with van der Waals surface area (Å²) in [7, 11) is 0. The van der Waals surface area contributed by atoms with Crippen LogP contribution in [0.3, 0.4) is 0 Å². The van der Waals surface area contributed by atoms with Crippen molar-refractivity contribution in [1.29, 1.82) is 0 Å².